The third-order valence-electron chi connectivity index (χ3n) is 2.98. The van der Waals surface area contributed by atoms with Gasteiger partial charge >= 0.3 is 0 Å². The Kier molecular flexibility index (Phi) is 4.04. The second-order valence-electron chi connectivity index (χ2n) is 4.67. The van der Waals surface area contributed by atoms with Crippen LogP contribution in [0.3, 0.4) is 0 Å². The van der Waals surface area contributed by atoms with Crippen molar-refractivity contribution in [3.8, 4) is 0 Å². The zero-order valence-electron chi connectivity index (χ0n) is 11.5. The molecule has 0 saturated heterocycles. The van der Waals surface area contributed by atoms with Crippen LogP contribution >= 0.6 is 11.8 Å². The summed E-state index contributed by atoms with van der Waals surface area (Å²) >= 11 is 1.43. The van der Waals surface area contributed by atoms with Gasteiger partial charge in [0.05, 0.1) is 5.25 Å². The second kappa shape index (κ2) is 5.57. The SMILES string of the molecule is Cc1ccc(C)c(C(=O)[C@@H](C)Sc2nncn2C)c1. The highest BCUT2D eigenvalue weighted by Gasteiger charge is 2.20. The van der Waals surface area contributed by atoms with Crippen LogP contribution in [-0.2, 0) is 7.05 Å². The monoisotopic (exact) mass is 275 g/mol. The fourth-order valence-corrected chi connectivity index (χ4v) is 2.67. The van der Waals surface area contributed by atoms with Gasteiger partial charge in [0.1, 0.15) is 6.33 Å². The molecule has 19 heavy (non-hydrogen) atoms. The number of carbonyl (C=O) groups excluding carboxylic acids is 1. The maximum absolute atomic E-state index is 12.5. The van der Waals surface area contributed by atoms with Gasteiger partial charge in [-0.15, -0.1) is 10.2 Å². The summed E-state index contributed by atoms with van der Waals surface area (Å²) in [5, 5.41) is 8.39. The van der Waals surface area contributed by atoms with Crippen LogP contribution in [0.5, 0.6) is 0 Å². The van der Waals surface area contributed by atoms with Crippen LogP contribution in [0.15, 0.2) is 29.7 Å². The van der Waals surface area contributed by atoms with Gasteiger partial charge in [0.2, 0.25) is 0 Å². The highest BCUT2D eigenvalue weighted by Crippen LogP contribution is 2.24. The van der Waals surface area contributed by atoms with Crippen molar-refractivity contribution in [2.75, 3.05) is 0 Å². The zero-order chi connectivity index (χ0) is 14.0. The number of hydrogen-bond donors (Lipinski definition) is 0. The smallest absolute Gasteiger partial charge is 0.191 e. The number of rotatable bonds is 4. The van der Waals surface area contributed by atoms with Crippen molar-refractivity contribution in [1.29, 1.82) is 0 Å². The minimum Gasteiger partial charge on any atom is -0.312 e. The molecule has 1 atom stereocenters. The predicted octanol–water partition coefficient (Wildman–Crippen LogP) is 2.80. The maximum Gasteiger partial charge on any atom is 0.191 e. The first-order valence-corrected chi connectivity index (χ1v) is 6.99. The summed E-state index contributed by atoms with van der Waals surface area (Å²) in [6.45, 7) is 5.87. The van der Waals surface area contributed by atoms with E-state index in [1.54, 1.807) is 6.33 Å². The molecule has 0 spiro atoms. The van der Waals surface area contributed by atoms with E-state index in [0.717, 1.165) is 21.8 Å². The fraction of sp³-hybridized carbons (Fsp3) is 0.357. The number of aromatic nitrogens is 3. The minimum absolute atomic E-state index is 0.134. The van der Waals surface area contributed by atoms with Crippen molar-refractivity contribution in [2.24, 2.45) is 7.05 Å². The van der Waals surface area contributed by atoms with E-state index in [2.05, 4.69) is 10.2 Å². The van der Waals surface area contributed by atoms with Crippen molar-refractivity contribution in [3.05, 3.63) is 41.2 Å². The molecule has 2 aromatic rings. The van der Waals surface area contributed by atoms with Gasteiger partial charge in [-0.25, -0.2) is 0 Å². The second-order valence-corrected chi connectivity index (χ2v) is 5.98. The first-order chi connectivity index (χ1) is 8.99. The van der Waals surface area contributed by atoms with E-state index in [0.29, 0.717) is 0 Å². The summed E-state index contributed by atoms with van der Waals surface area (Å²) in [7, 11) is 1.87. The molecule has 0 bridgehead atoms. The lowest BCUT2D eigenvalue weighted by atomic mass is 10.0. The third-order valence-corrected chi connectivity index (χ3v) is 4.13. The number of ketones is 1. The van der Waals surface area contributed by atoms with Crippen molar-refractivity contribution < 1.29 is 4.79 Å². The van der Waals surface area contributed by atoms with Gasteiger partial charge in [0.15, 0.2) is 10.9 Å². The predicted molar refractivity (Wildman–Crippen MR) is 76.6 cm³/mol. The molecule has 100 valence electrons. The summed E-state index contributed by atoms with van der Waals surface area (Å²) in [5.74, 6) is 0.134. The van der Waals surface area contributed by atoms with Crippen molar-refractivity contribution >= 4 is 17.5 Å². The number of benzene rings is 1. The maximum atomic E-state index is 12.5. The van der Waals surface area contributed by atoms with E-state index in [9.17, 15) is 4.79 Å². The highest BCUT2D eigenvalue weighted by atomic mass is 32.2. The molecule has 0 aliphatic heterocycles. The van der Waals surface area contributed by atoms with E-state index in [4.69, 9.17) is 0 Å². The number of carbonyl (C=O) groups is 1. The standard InChI is InChI=1S/C14H17N3OS/c1-9-5-6-10(2)12(7-9)13(18)11(3)19-14-16-15-8-17(14)4/h5-8,11H,1-4H3/t11-/m1/s1. The van der Waals surface area contributed by atoms with E-state index in [1.807, 2.05) is 50.6 Å². The molecular weight excluding hydrogens is 258 g/mol. The molecule has 1 heterocycles. The number of nitrogens with zero attached hydrogens (tertiary/aromatic N) is 3. The minimum atomic E-state index is -0.177. The summed E-state index contributed by atoms with van der Waals surface area (Å²) in [6, 6.07) is 5.96. The molecule has 2 rings (SSSR count). The largest absolute Gasteiger partial charge is 0.312 e. The van der Waals surface area contributed by atoms with Crippen molar-refractivity contribution in [2.45, 2.75) is 31.2 Å². The molecule has 4 nitrogen and oxygen atoms in total. The van der Waals surface area contributed by atoms with Gasteiger partial charge in [-0.1, -0.05) is 29.5 Å². The van der Waals surface area contributed by atoms with Crippen LogP contribution in [0, 0.1) is 13.8 Å². The van der Waals surface area contributed by atoms with Crippen LogP contribution in [0.1, 0.15) is 28.4 Å². The summed E-state index contributed by atoms with van der Waals surface area (Å²) in [6.07, 6.45) is 1.64. The quantitative estimate of drug-likeness (QED) is 0.636. The molecule has 0 radical (unpaired) electrons. The summed E-state index contributed by atoms with van der Waals surface area (Å²) in [5.41, 5.74) is 2.91. The van der Waals surface area contributed by atoms with Crippen molar-refractivity contribution in [3.63, 3.8) is 0 Å². The molecule has 0 unspecified atom stereocenters. The molecule has 1 aromatic heterocycles. The van der Waals surface area contributed by atoms with Crippen molar-refractivity contribution in [1.82, 2.24) is 14.8 Å². The average molecular weight is 275 g/mol. The van der Waals surface area contributed by atoms with E-state index >= 15 is 0 Å². The third kappa shape index (κ3) is 3.04. The van der Waals surface area contributed by atoms with Gasteiger partial charge in [-0.2, -0.15) is 0 Å². The van der Waals surface area contributed by atoms with Crippen LogP contribution in [0.2, 0.25) is 0 Å². The first-order valence-electron chi connectivity index (χ1n) is 6.11. The van der Waals surface area contributed by atoms with Crippen LogP contribution in [0.25, 0.3) is 0 Å². The Hall–Kier alpha value is -1.62. The Labute approximate surface area is 117 Å². The molecule has 0 saturated carbocycles. The van der Waals surface area contributed by atoms with Gasteiger partial charge in [0.25, 0.3) is 0 Å². The van der Waals surface area contributed by atoms with E-state index in [1.165, 1.54) is 11.8 Å². The van der Waals surface area contributed by atoms with Crippen LogP contribution < -0.4 is 0 Å². The molecule has 0 aliphatic rings. The molecule has 0 amide bonds. The molecule has 0 N–H and O–H groups in total. The normalized spacial score (nSPS) is 12.4. The lowest BCUT2D eigenvalue weighted by Crippen LogP contribution is -2.15. The number of hydrogen-bond acceptors (Lipinski definition) is 4. The summed E-state index contributed by atoms with van der Waals surface area (Å²) < 4.78 is 1.82. The Bertz CT molecular complexity index is 606. The van der Waals surface area contributed by atoms with E-state index in [-0.39, 0.29) is 11.0 Å². The Morgan fingerprint density at radius 3 is 2.74 bits per heavy atom. The number of aryl methyl sites for hydroxylation is 3. The zero-order valence-corrected chi connectivity index (χ0v) is 12.4. The molecular formula is C14H17N3OS. The van der Waals surface area contributed by atoms with Crippen LogP contribution in [-0.4, -0.2) is 25.8 Å². The highest BCUT2D eigenvalue weighted by molar-refractivity contribution is 8.00. The first kappa shape index (κ1) is 13.8. The number of Topliss-reactive ketones (excluding diaryl/α,β-unsaturated/α-hetero) is 1. The van der Waals surface area contributed by atoms with Gasteiger partial charge in [-0.05, 0) is 32.4 Å². The summed E-state index contributed by atoms with van der Waals surface area (Å²) in [4.78, 5) is 12.5. The average Bonchev–Trinajstić information content (AvgIpc) is 2.77. The van der Waals surface area contributed by atoms with Gasteiger partial charge in [0, 0.05) is 12.6 Å². The molecule has 0 aliphatic carbocycles. The Morgan fingerprint density at radius 1 is 1.37 bits per heavy atom. The van der Waals surface area contributed by atoms with Gasteiger partial charge < -0.3 is 4.57 Å². The lowest BCUT2D eigenvalue weighted by Gasteiger charge is -2.12. The molecule has 5 heteroatoms. The fourth-order valence-electron chi connectivity index (χ4n) is 1.81. The Balaban J connectivity index is 2.19. The topological polar surface area (TPSA) is 47.8 Å². The number of thioether (sulfide) groups is 1. The molecule has 0 fully saturated rings. The Morgan fingerprint density at radius 2 is 2.11 bits per heavy atom. The van der Waals surface area contributed by atoms with Gasteiger partial charge in [-0.3, -0.25) is 4.79 Å². The van der Waals surface area contributed by atoms with E-state index < -0.39 is 0 Å². The molecule has 1 aromatic carbocycles. The van der Waals surface area contributed by atoms with Crippen LogP contribution in [0.4, 0.5) is 0 Å². The lowest BCUT2D eigenvalue weighted by molar-refractivity contribution is 0.0993.